The number of nitrogens with two attached hydrogens (primary N) is 1. The summed E-state index contributed by atoms with van der Waals surface area (Å²) in [5.74, 6) is 0.565. The maximum Gasteiger partial charge on any atom is 0.310 e. The molecule has 0 aromatic rings. The summed E-state index contributed by atoms with van der Waals surface area (Å²) < 4.78 is 5.92. The monoisotopic (exact) mass is 268 g/mol. The molecule has 0 spiro atoms. The van der Waals surface area contributed by atoms with Crippen LogP contribution in [0, 0.1) is 22.7 Å². The molecule has 0 aromatic heterocycles. The van der Waals surface area contributed by atoms with Crippen LogP contribution in [-0.4, -0.2) is 24.7 Å². The zero-order valence-electron chi connectivity index (χ0n) is 13.4. The number of hydrogen-bond donors (Lipinski definition) is 1. The van der Waals surface area contributed by atoms with Gasteiger partial charge in [-0.2, -0.15) is 0 Å². The Labute approximate surface area is 117 Å². The van der Waals surface area contributed by atoms with Crippen LogP contribution in [0.25, 0.3) is 0 Å². The topological polar surface area (TPSA) is 42.9 Å². The van der Waals surface area contributed by atoms with E-state index in [4.69, 9.17) is 4.74 Å². The maximum atomic E-state index is 12.5. The van der Waals surface area contributed by atoms with E-state index in [1.54, 1.807) is 0 Å². The van der Waals surface area contributed by atoms with Gasteiger partial charge in [0.25, 0.3) is 0 Å². The quantitative estimate of drug-likeness (QED) is 0.795. The highest BCUT2D eigenvalue weighted by molar-refractivity contribution is 5.79. The van der Waals surface area contributed by atoms with Crippen LogP contribution in [0.3, 0.4) is 0 Å². The van der Waals surface area contributed by atoms with E-state index in [0.717, 1.165) is 25.9 Å². The van der Waals surface area contributed by atoms with Crippen molar-refractivity contribution in [2.45, 2.75) is 60.0 Å². The Kier molecular flexibility index (Phi) is 3.49. The molecule has 0 unspecified atom stereocenters. The molecule has 3 nitrogen and oxygen atoms in total. The average molecular weight is 268 g/mol. The third-order valence-electron chi connectivity index (χ3n) is 6.04. The van der Waals surface area contributed by atoms with E-state index >= 15 is 0 Å². The second-order valence-electron chi connectivity index (χ2n) is 8.04. The Bertz CT molecular complexity index is 351. The van der Waals surface area contributed by atoms with Crippen LogP contribution in [0.4, 0.5) is 0 Å². The van der Waals surface area contributed by atoms with E-state index in [-0.39, 0.29) is 28.3 Å². The van der Waals surface area contributed by atoms with Crippen LogP contribution >= 0.6 is 0 Å². The van der Waals surface area contributed by atoms with Crippen LogP contribution < -0.4 is 5.32 Å². The van der Waals surface area contributed by atoms with Gasteiger partial charge in [0.15, 0.2) is 0 Å². The third kappa shape index (κ3) is 2.42. The lowest BCUT2D eigenvalue weighted by atomic mass is 9.83. The number of ether oxygens (including phenoxy) is 1. The summed E-state index contributed by atoms with van der Waals surface area (Å²) in [5, 5.41) is 2.35. The lowest BCUT2D eigenvalue weighted by Crippen LogP contribution is -2.86. The molecule has 110 valence electrons. The lowest BCUT2D eigenvalue weighted by Gasteiger charge is -2.35. The van der Waals surface area contributed by atoms with Gasteiger partial charge in [0.05, 0.1) is 19.0 Å². The number of hydrogen-bond acceptors (Lipinski definition) is 2. The number of carbonyl (C=O) groups excluding carboxylic acids is 1. The molecule has 1 aliphatic carbocycles. The molecule has 1 saturated heterocycles. The first kappa shape index (κ1) is 14.8. The molecule has 19 heavy (non-hydrogen) atoms. The molecule has 0 aromatic carbocycles. The van der Waals surface area contributed by atoms with Gasteiger partial charge in [-0.25, -0.2) is 0 Å². The van der Waals surface area contributed by atoms with Crippen molar-refractivity contribution in [3.05, 3.63) is 0 Å². The molecule has 1 saturated carbocycles. The van der Waals surface area contributed by atoms with Gasteiger partial charge in [0.2, 0.25) is 0 Å². The Morgan fingerprint density at radius 1 is 1.11 bits per heavy atom. The van der Waals surface area contributed by atoms with Gasteiger partial charge < -0.3 is 10.1 Å². The minimum atomic E-state index is -0.319. The average Bonchev–Trinajstić information content (AvgIpc) is 2.70. The molecule has 2 N–H and O–H groups in total. The van der Waals surface area contributed by atoms with E-state index in [1.807, 2.05) is 0 Å². The molecule has 1 heterocycles. The van der Waals surface area contributed by atoms with Gasteiger partial charge in [0.1, 0.15) is 5.60 Å². The van der Waals surface area contributed by atoms with Crippen molar-refractivity contribution in [2.75, 3.05) is 13.1 Å². The lowest BCUT2D eigenvalue weighted by molar-refractivity contribution is -0.665. The minimum Gasteiger partial charge on any atom is -0.459 e. The zero-order chi connectivity index (χ0) is 14.5. The highest BCUT2D eigenvalue weighted by atomic mass is 16.6. The first-order valence-electron chi connectivity index (χ1n) is 7.65. The summed E-state index contributed by atoms with van der Waals surface area (Å²) in [5.41, 5.74) is -0.179. The van der Waals surface area contributed by atoms with Crippen molar-refractivity contribution < 1.29 is 14.8 Å². The summed E-state index contributed by atoms with van der Waals surface area (Å²) in [4.78, 5) is 12.5. The van der Waals surface area contributed by atoms with Crippen molar-refractivity contribution in [2.24, 2.45) is 22.7 Å². The third-order valence-corrected chi connectivity index (χ3v) is 6.04. The summed E-state index contributed by atoms with van der Waals surface area (Å²) in [6.07, 6.45) is 2.30. The number of esters is 1. The standard InChI is InChI=1S/C16H29NO2/c1-14(2)12(15(14,3)4)13(18)19-16(5,6)11-7-9-17-10-8-11/h11-12,17H,7-10H2,1-6H3/p+1. The van der Waals surface area contributed by atoms with Crippen LogP contribution in [0.15, 0.2) is 0 Å². The maximum absolute atomic E-state index is 12.5. The molecule has 0 amide bonds. The first-order chi connectivity index (χ1) is 8.61. The van der Waals surface area contributed by atoms with Crippen LogP contribution in [-0.2, 0) is 9.53 Å². The van der Waals surface area contributed by atoms with Crippen LogP contribution in [0.5, 0.6) is 0 Å². The van der Waals surface area contributed by atoms with Crippen molar-refractivity contribution in [3.8, 4) is 0 Å². The van der Waals surface area contributed by atoms with Gasteiger partial charge in [-0.3, -0.25) is 4.79 Å². The summed E-state index contributed by atoms with van der Waals surface area (Å²) in [7, 11) is 0. The van der Waals surface area contributed by atoms with Crippen molar-refractivity contribution in [1.82, 2.24) is 0 Å². The zero-order valence-corrected chi connectivity index (χ0v) is 13.4. The molecule has 0 bridgehead atoms. The SMILES string of the molecule is CC(C)(OC(=O)C1C(C)(C)C1(C)C)C1CC[NH2+]CC1. The van der Waals surface area contributed by atoms with Crippen molar-refractivity contribution in [3.63, 3.8) is 0 Å². The van der Waals surface area contributed by atoms with E-state index in [0.29, 0.717) is 5.92 Å². The summed E-state index contributed by atoms with van der Waals surface area (Å²) in [6.45, 7) is 15.2. The Hall–Kier alpha value is -0.570. The van der Waals surface area contributed by atoms with Gasteiger partial charge in [-0.15, -0.1) is 0 Å². The molecule has 3 heteroatoms. The molecule has 2 fully saturated rings. The van der Waals surface area contributed by atoms with Crippen molar-refractivity contribution >= 4 is 5.97 Å². The molecule has 1 aliphatic heterocycles. The molecular weight excluding hydrogens is 238 g/mol. The van der Waals surface area contributed by atoms with Gasteiger partial charge >= 0.3 is 5.97 Å². The largest absolute Gasteiger partial charge is 0.459 e. The van der Waals surface area contributed by atoms with E-state index in [1.165, 1.54) is 0 Å². The molecule has 2 rings (SSSR count). The number of piperidine rings is 1. The predicted molar refractivity (Wildman–Crippen MR) is 75.6 cm³/mol. The fraction of sp³-hybridized carbons (Fsp3) is 0.938. The van der Waals surface area contributed by atoms with Crippen molar-refractivity contribution in [1.29, 1.82) is 0 Å². The summed E-state index contributed by atoms with van der Waals surface area (Å²) in [6, 6.07) is 0. The Balaban J connectivity index is 1.99. The van der Waals surface area contributed by atoms with Gasteiger partial charge in [0, 0.05) is 18.8 Å². The summed E-state index contributed by atoms with van der Waals surface area (Å²) >= 11 is 0. The second-order valence-corrected chi connectivity index (χ2v) is 8.04. The number of carbonyl (C=O) groups is 1. The molecule has 2 aliphatic rings. The van der Waals surface area contributed by atoms with Gasteiger partial charge in [-0.1, -0.05) is 27.7 Å². The molecule has 0 atom stereocenters. The minimum absolute atomic E-state index is 0.00885. The van der Waals surface area contributed by atoms with Crippen LogP contribution in [0.1, 0.15) is 54.4 Å². The smallest absolute Gasteiger partial charge is 0.310 e. The van der Waals surface area contributed by atoms with E-state index < -0.39 is 0 Å². The molecule has 0 radical (unpaired) electrons. The number of rotatable bonds is 3. The number of quaternary nitrogens is 1. The Morgan fingerprint density at radius 2 is 1.58 bits per heavy atom. The normalized spacial score (nSPS) is 27.1. The van der Waals surface area contributed by atoms with Crippen LogP contribution in [0.2, 0.25) is 0 Å². The van der Waals surface area contributed by atoms with Gasteiger partial charge in [-0.05, 0) is 24.7 Å². The molecular formula is C16H30NO2+. The fourth-order valence-corrected chi connectivity index (χ4v) is 3.81. The first-order valence-corrected chi connectivity index (χ1v) is 7.65. The van der Waals surface area contributed by atoms with E-state index in [9.17, 15) is 4.79 Å². The highest BCUT2D eigenvalue weighted by Gasteiger charge is 2.69. The Morgan fingerprint density at radius 3 is 2.00 bits per heavy atom. The second kappa shape index (κ2) is 4.47. The predicted octanol–water partition coefficient (Wildman–Crippen LogP) is 1.96. The fourth-order valence-electron chi connectivity index (χ4n) is 3.81. The highest BCUT2D eigenvalue weighted by Crippen LogP contribution is 2.68. The van der Waals surface area contributed by atoms with E-state index in [2.05, 4.69) is 46.9 Å².